The van der Waals surface area contributed by atoms with Crippen molar-refractivity contribution in [2.24, 2.45) is 46.3 Å². The molecule has 3 nitrogen and oxygen atoms in total. The summed E-state index contributed by atoms with van der Waals surface area (Å²) in [6, 6.07) is 0. The number of carbonyl (C=O) groups is 1. The van der Waals surface area contributed by atoms with Crippen LogP contribution in [0.1, 0.15) is 112 Å². The van der Waals surface area contributed by atoms with Gasteiger partial charge in [-0.1, -0.05) is 65.5 Å². The summed E-state index contributed by atoms with van der Waals surface area (Å²) in [5.41, 5.74) is 2.62. The molecule has 0 aromatic rings. The Morgan fingerprint density at radius 2 is 1.82 bits per heavy atom. The van der Waals surface area contributed by atoms with Crippen LogP contribution in [0.4, 0.5) is 0 Å². The van der Waals surface area contributed by atoms with E-state index in [2.05, 4.69) is 40.7 Å². The Kier molecular flexibility index (Phi) is 8.22. The Morgan fingerprint density at radius 1 is 1.03 bits per heavy atom. The first kappa shape index (κ1) is 26.2. The second-order valence-electron chi connectivity index (χ2n) is 13.4. The summed E-state index contributed by atoms with van der Waals surface area (Å²) in [5.74, 6) is 5.12. The van der Waals surface area contributed by atoms with Crippen molar-refractivity contribution in [1.29, 1.82) is 0 Å². The third-order valence-electron chi connectivity index (χ3n) is 11.0. The summed E-state index contributed by atoms with van der Waals surface area (Å²) in [6.07, 6.45) is 17.8. The van der Waals surface area contributed by atoms with Crippen molar-refractivity contribution in [2.45, 2.75) is 118 Å². The first-order chi connectivity index (χ1) is 16.1. The highest BCUT2D eigenvalue weighted by Crippen LogP contribution is 2.67. The standard InChI is InChI=1S/C31H52O3/c1-21(2)8-7-9-22(3)27-12-13-28-26-11-10-24-20-25(34-19-18-33-23(4)32)14-16-30(24,5)29(26)15-17-31(27,28)6/h10,21-22,25-29H,7-9,11-20H2,1-6H3/t22-,25+,26+,27-,28+,29+,30+,31-/m1/s1. The number of ether oxygens (including phenoxy) is 2. The minimum absolute atomic E-state index is 0.218. The highest BCUT2D eigenvalue weighted by molar-refractivity contribution is 5.65. The van der Waals surface area contributed by atoms with Gasteiger partial charge in [0.05, 0.1) is 12.7 Å². The van der Waals surface area contributed by atoms with Crippen molar-refractivity contribution < 1.29 is 14.3 Å². The Hall–Kier alpha value is -0.830. The first-order valence-corrected chi connectivity index (χ1v) is 14.6. The van der Waals surface area contributed by atoms with Crippen molar-refractivity contribution in [3.63, 3.8) is 0 Å². The minimum Gasteiger partial charge on any atom is -0.463 e. The Morgan fingerprint density at radius 3 is 2.56 bits per heavy atom. The molecule has 8 atom stereocenters. The Balaban J connectivity index is 1.38. The zero-order chi connectivity index (χ0) is 24.5. The summed E-state index contributed by atoms with van der Waals surface area (Å²) in [7, 11) is 0. The molecule has 4 aliphatic rings. The van der Waals surface area contributed by atoms with Crippen LogP contribution in [0.5, 0.6) is 0 Å². The first-order valence-electron chi connectivity index (χ1n) is 14.6. The lowest BCUT2D eigenvalue weighted by molar-refractivity contribution is -0.143. The van der Waals surface area contributed by atoms with Gasteiger partial charge in [-0.25, -0.2) is 0 Å². The largest absolute Gasteiger partial charge is 0.463 e. The molecule has 0 bridgehead atoms. The zero-order valence-electron chi connectivity index (χ0n) is 23.0. The van der Waals surface area contributed by atoms with E-state index in [4.69, 9.17) is 9.47 Å². The average Bonchev–Trinajstić information content (AvgIpc) is 3.13. The van der Waals surface area contributed by atoms with E-state index in [-0.39, 0.29) is 5.97 Å². The maximum atomic E-state index is 11.0. The smallest absolute Gasteiger partial charge is 0.302 e. The van der Waals surface area contributed by atoms with Gasteiger partial charge in [-0.3, -0.25) is 4.79 Å². The van der Waals surface area contributed by atoms with E-state index in [1.807, 2.05) is 0 Å². The van der Waals surface area contributed by atoms with Crippen molar-refractivity contribution in [2.75, 3.05) is 13.2 Å². The molecule has 0 unspecified atom stereocenters. The molecular weight excluding hydrogens is 420 g/mol. The molecule has 3 heteroatoms. The third kappa shape index (κ3) is 5.16. The van der Waals surface area contributed by atoms with Gasteiger partial charge in [-0.05, 0) is 97.7 Å². The number of hydrogen-bond acceptors (Lipinski definition) is 3. The maximum Gasteiger partial charge on any atom is 0.302 e. The van der Waals surface area contributed by atoms with Crippen molar-refractivity contribution in [1.82, 2.24) is 0 Å². The van der Waals surface area contributed by atoms with Gasteiger partial charge in [-0.2, -0.15) is 0 Å². The molecule has 4 aliphatic carbocycles. The van der Waals surface area contributed by atoms with Crippen LogP contribution in [-0.2, 0) is 14.3 Å². The van der Waals surface area contributed by atoms with Gasteiger partial charge in [0.15, 0.2) is 0 Å². The van der Waals surface area contributed by atoms with E-state index in [9.17, 15) is 4.79 Å². The monoisotopic (exact) mass is 472 g/mol. The molecule has 194 valence electrons. The van der Waals surface area contributed by atoms with Crippen LogP contribution >= 0.6 is 0 Å². The van der Waals surface area contributed by atoms with Gasteiger partial charge in [0.2, 0.25) is 0 Å². The lowest BCUT2D eigenvalue weighted by Gasteiger charge is -2.58. The number of rotatable bonds is 9. The van der Waals surface area contributed by atoms with Crippen molar-refractivity contribution >= 4 is 5.97 Å². The molecule has 0 radical (unpaired) electrons. The summed E-state index contributed by atoms with van der Waals surface area (Å²) in [4.78, 5) is 11.0. The van der Waals surface area contributed by atoms with Crippen LogP contribution in [0.2, 0.25) is 0 Å². The van der Waals surface area contributed by atoms with Gasteiger partial charge in [0.25, 0.3) is 0 Å². The summed E-state index contributed by atoms with van der Waals surface area (Å²) >= 11 is 0. The second-order valence-corrected chi connectivity index (χ2v) is 13.4. The molecule has 0 heterocycles. The van der Waals surface area contributed by atoms with Crippen LogP contribution in [-0.4, -0.2) is 25.3 Å². The van der Waals surface area contributed by atoms with E-state index >= 15 is 0 Å². The quantitative estimate of drug-likeness (QED) is 0.194. The van der Waals surface area contributed by atoms with E-state index in [1.54, 1.807) is 5.57 Å². The Labute approximate surface area is 209 Å². The fourth-order valence-corrected chi connectivity index (χ4v) is 9.19. The lowest BCUT2D eigenvalue weighted by atomic mass is 9.47. The topological polar surface area (TPSA) is 35.5 Å². The molecule has 0 aromatic carbocycles. The molecule has 0 N–H and O–H groups in total. The van der Waals surface area contributed by atoms with Gasteiger partial charge in [0, 0.05) is 6.92 Å². The summed E-state index contributed by atoms with van der Waals surface area (Å²) < 4.78 is 11.2. The van der Waals surface area contributed by atoms with Crippen LogP contribution in [0.15, 0.2) is 11.6 Å². The SMILES string of the molecule is CC(=O)OCCO[C@H]1CC[C@@]2(C)C(=CC[C@H]3[C@@H]4CC[C@H]([C@H](C)CCCC(C)C)[C@@]4(C)CC[C@@H]32)C1. The van der Waals surface area contributed by atoms with Gasteiger partial charge in [0.1, 0.15) is 6.61 Å². The third-order valence-corrected chi connectivity index (χ3v) is 11.0. The second kappa shape index (κ2) is 10.7. The van der Waals surface area contributed by atoms with E-state index < -0.39 is 0 Å². The Bertz CT molecular complexity index is 741. The molecule has 0 saturated heterocycles. The van der Waals surface area contributed by atoms with E-state index in [0.717, 1.165) is 48.3 Å². The fraction of sp³-hybridized carbons (Fsp3) is 0.903. The van der Waals surface area contributed by atoms with Gasteiger partial charge >= 0.3 is 5.97 Å². The lowest BCUT2D eigenvalue weighted by Crippen LogP contribution is -2.51. The minimum atomic E-state index is -0.218. The van der Waals surface area contributed by atoms with Gasteiger partial charge < -0.3 is 9.47 Å². The molecule has 0 spiro atoms. The zero-order valence-corrected chi connectivity index (χ0v) is 23.0. The maximum absolute atomic E-state index is 11.0. The predicted octanol–water partition coefficient (Wildman–Crippen LogP) is 7.98. The number of allylic oxidation sites excluding steroid dienone is 1. The van der Waals surface area contributed by atoms with E-state index in [0.29, 0.717) is 30.1 Å². The summed E-state index contributed by atoms with van der Waals surface area (Å²) in [6.45, 7) is 15.0. The molecule has 3 fully saturated rings. The number of carbonyl (C=O) groups excluding carboxylic acids is 1. The fourth-order valence-electron chi connectivity index (χ4n) is 9.19. The van der Waals surface area contributed by atoms with Crippen LogP contribution < -0.4 is 0 Å². The predicted molar refractivity (Wildman–Crippen MR) is 139 cm³/mol. The molecule has 0 aliphatic heterocycles. The molecular formula is C31H52O3. The van der Waals surface area contributed by atoms with Crippen molar-refractivity contribution in [3.8, 4) is 0 Å². The molecule has 34 heavy (non-hydrogen) atoms. The highest BCUT2D eigenvalue weighted by atomic mass is 16.6. The molecule has 0 aromatic heterocycles. The molecule has 4 rings (SSSR count). The average molecular weight is 473 g/mol. The normalized spacial score (nSPS) is 40.2. The highest BCUT2D eigenvalue weighted by Gasteiger charge is 2.59. The molecule has 0 amide bonds. The molecule has 3 saturated carbocycles. The van der Waals surface area contributed by atoms with Crippen LogP contribution in [0.3, 0.4) is 0 Å². The van der Waals surface area contributed by atoms with Crippen LogP contribution in [0, 0.1) is 46.3 Å². The van der Waals surface area contributed by atoms with Crippen LogP contribution in [0.25, 0.3) is 0 Å². The number of esters is 1. The van der Waals surface area contributed by atoms with Gasteiger partial charge in [-0.15, -0.1) is 0 Å². The summed E-state index contributed by atoms with van der Waals surface area (Å²) in [5, 5.41) is 0. The number of fused-ring (bicyclic) bond motifs is 5. The number of hydrogen-bond donors (Lipinski definition) is 0. The van der Waals surface area contributed by atoms with E-state index in [1.165, 1.54) is 64.7 Å². The van der Waals surface area contributed by atoms with Crippen molar-refractivity contribution in [3.05, 3.63) is 11.6 Å².